The highest BCUT2D eigenvalue weighted by Crippen LogP contribution is 2.23. The predicted molar refractivity (Wildman–Crippen MR) is 116 cm³/mol. The molecule has 4 nitrogen and oxygen atoms in total. The Morgan fingerprint density at radius 2 is 1.59 bits per heavy atom. The van der Waals surface area contributed by atoms with Crippen molar-refractivity contribution >= 4 is 5.97 Å². The van der Waals surface area contributed by atoms with Crippen molar-refractivity contribution in [3.05, 3.63) is 78.4 Å². The van der Waals surface area contributed by atoms with Gasteiger partial charge < -0.3 is 14.2 Å². The molecular formula is C25H30O4. The molecule has 2 aromatic carbocycles. The summed E-state index contributed by atoms with van der Waals surface area (Å²) in [4.78, 5) is 11.8. The number of para-hydroxylation sites is 1. The fourth-order valence-electron chi connectivity index (χ4n) is 2.59. The zero-order valence-electron chi connectivity index (χ0n) is 17.3. The molecule has 0 N–H and O–H groups in total. The lowest BCUT2D eigenvalue weighted by molar-refractivity contribution is -0.138. The molecule has 2 rings (SSSR count). The molecule has 0 aliphatic heterocycles. The van der Waals surface area contributed by atoms with E-state index in [0.717, 1.165) is 23.5 Å². The SMILES string of the molecule is CCCCC/C=C/C(C)=C/C(=O)OCCOc1ccc(Oc2ccccc2)cc1. The first-order valence-corrected chi connectivity index (χ1v) is 10.1. The number of ether oxygens (including phenoxy) is 3. The average Bonchev–Trinajstić information content (AvgIpc) is 2.73. The molecule has 154 valence electrons. The molecule has 29 heavy (non-hydrogen) atoms. The van der Waals surface area contributed by atoms with Crippen LogP contribution in [0, 0.1) is 0 Å². The molecule has 0 radical (unpaired) electrons. The maximum absolute atomic E-state index is 11.8. The van der Waals surface area contributed by atoms with Crippen LogP contribution in [0.2, 0.25) is 0 Å². The highest BCUT2D eigenvalue weighted by Gasteiger charge is 2.01. The van der Waals surface area contributed by atoms with Gasteiger partial charge in [0.05, 0.1) is 0 Å². The third-order valence-electron chi connectivity index (χ3n) is 4.10. The Labute approximate surface area is 173 Å². The van der Waals surface area contributed by atoms with E-state index in [0.29, 0.717) is 12.4 Å². The maximum atomic E-state index is 11.8. The first-order chi connectivity index (χ1) is 14.2. The van der Waals surface area contributed by atoms with Gasteiger partial charge in [0.2, 0.25) is 0 Å². The van der Waals surface area contributed by atoms with Crippen molar-refractivity contribution in [1.29, 1.82) is 0 Å². The van der Waals surface area contributed by atoms with Crippen LogP contribution in [0.5, 0.6) is 17.2 Å². The van der Waals surface area contributed by atoms with Crippen LogP contribution >= 0.6 is 0 Å². The van der Waals surface area contributed by atoms with Crippen LogP contribution in [0.1, 0.15) is 39.5 Å². The number of hydrogen-bond acceptors (Lipinski definition) is 4. The zero-order chi connectivity index (χ0) is 20.7. The lowest BCUT2D eigenvalue weighted by atomic mass is 10.1. The summed E-state index contributed by atoms with van der Waals surface area (Å²) in [7, 11) is 0. The highest BCUT2D eigenvalue weighted by molar-refractivity contribution is 5.83. The van der Waals surface area contributed by atoms with Crippen LogP contribution in [-0.4, -0.2) is 19.2 Å². The molecule has 0 spiro atoms. The lowest BCUT2D eigenvalue weighted by Gasteiger charge is -2.08. The van der Waals surface area contributed by atoms with E-state index < -0.39 is 0 Å². The Morgan fingerprint density at radius 1 is 0.897 bits per heavy atom. The molecule has 0 heterocycles. The van der Waals surface area contributed by atoms with Crippen LogP contribution in [0.4, 0.5) is 0 Å². The topological polar surface area (TPSA) is 44.8 Å². The number of hydrogen-bond donors (Lipinski definition) is 0. The summed E-state index contributed by atoms with van der Waals surface area (Å²) in [6, 6.07) is 16.9. The number of allylic oxidation sites excluding steroid dienone is 3. The molecule has 0 atom stereocenters. The summed E-state index contributed by atoms with van der Waals surface area (Å²) in [6.45, 7) is 4.58. The molecule has 4 heteroatoms. The van der Waals surface area contributed by atoms with Crippen LogP contribution < -0.4 is 9.47 Å². The van der Waals surface area contributed by atoms with Gasteiger partial charge in [-0.1, -0.05) is 50.1 Å². The van der Waals surface area contributed by atoms with E-state index in [9.17, 15) is 4.79 Å². The molecule has 0 unspecified atom stereocenters. The van der Waals surface area contributed by atoms with Crippen molar-refractivity contribution in [3.8, 4) is 17.2 Å². The Hall–Kier alpha value is -3.01. The van der Waals surface area contributed by atoms with Gasteiger partial charge in [-0.15, -0.1) is 0 Å². The molecule has 0 aliphatic rings. The second-order valence-corrected chi connectivity index (χ2v) is 6.69. The molecule has 2 aromatic rings. The molecule has 0 fully saturated rings. The summed E-state index contributed by atoms with van der Waals surface area (Å²) in [6.07, 6.45) is 10.2. The summed E-state index contributed by atoms with van der Waals surface area (Å²) < 4.78 is 16.5. The van der Waals surface area contributed by atoms with E-state index in [-0.39, 0.29) is 12.6 Å². The van der Waals surface area contributed by atoms with Gasteiger partial charge in [0.1, 0.15) is 30.5 Å². The maximum Gasteiger partial charge on any atom is 0.331 e. The summed E-state index contributed by atoms with van der Waals surface area (Å²) in [5.74, 6) is 1.87. The summed E-state index contributed by atoms with van der Waals surface area (Å²) in [5, 5.41) is 0. The van der Waals surface area contributed by atoms with E-state index in [4.69, 9.17) is 14.2 Å². The standard InChI is InChI=1S/C25H30O4/c1-3-4-5-6-8-11-21(2)20-25(26)28-19-18-27-22-14-16-24(17-15-22)29-23-12-9-7-10-13-23/h7-17,20H,3-6,18-19H2,1-2H3/b11-8+,21-20+. The number of esters is 1. The van der Waals surface area contributed by atoms with Crippen molar-refractivity contribution in [1.82, 2.24) is 0 Å². The third-order valence-corrected chi connectivity index (χ3v) is 4.10. The molecule has 0 saturated carbocycles. The van der Waals surface area contributed by atoms with Crippen molar-refractivity contribution in [2.24, 2.45) is 0 Å². The Bertz CT molecular complexity index is 776. The molecule has 0 aliphatic carbocycles. The van der Waals surface area contributed by atoms with Crippen molar-refractivity contribution in [2.45, 2.75) is 39.5 Å². The summed E-state index contributed by atoms with van der Waals surface area (Å²) >= 11 is 0. The summed E-state index contributed by atoms with van der Waals surface area (Å²) in [5.41, 5.74) is 0.890. The van der Waals surface area contributed by atoms with Crippen molar-refractivity contribution in [2.75, 3.05) is 13.2 Å². The fraction of sp³-hybridized carbons (Fsp3) is 0.320. The minimum Gasteiger partial charge on any atom is -0.490 e. The van der Waals surface area contributed by atoms with E-state index in [2.05, 4.69) is 13.0 Å². The molecule has 0 amide bonds. The number of rotatable bonds is 12. The first-order valence-electron chi connectivity index (χ1n) is 10.1. The Balaban J connectivity index is 1.65. The van der Waals surface area contributed by atoms with Gasteiger partial charge in [0.15, 0.2) is 0 Å². The van der Waals surface area contributed by atoms with Crippen molar-refractivity contribution < 1.29 is 19.0 Å². The largest absolute Gasteiger partial charge is 0.490 e. The van der Waals surface area contributed by atoms with Gasteiger partial charge in [-0.05, 0) is 61.7 Å². The molecule has 0 saturated heterocycles. The third kappa shape index (κ3) is 9.65. The number of carbonyl (C=O) groups is 1. The normalized spacial score (nSPS) is 11.4. The highest BCUT2D eigenvalue weighted by atomic mass is 16.6. The van der Waals surface area contributed by atoms with E-state index in [1.165, 1.54) is 25.3 Å². The van der Waals surface area contributed by atoms with Crippen LogP contribution in [-0.2, 0) is 9.53 Å². The van der Waals surface area contributed by atoms with Gasteiger partial charge in [-0.2, -0.15) is 0 Å². The van der Waals surface area contributed by atoms with Crippen LogP contribution in [0.15, 0.2) is 78.4 Å². The van der Waals surface area contributed by atoms with Gasteiger partial charge in [0, 0.05) is 6.08 Å². The Kier molecular flexibility index (Phi) is 10.2. The predicted octanol–water partition coefficient (Wildman–Crippen LogP) is 6.48. The van der Waals surface area contributed by atoms with E-state index in [1.807, 2.05) is 67.6 Å². The molecule has 0 bridgehead atoms. The number of unbranched alkanes of at least 4 members (excludes halogenated alkanes) is 3. The quantitative estimate of drug-likeness (QED) is 0.179. The van der Waals surface area contributed by atoms with Crippen molar-refractivity contribution in [3.63, 3.8) is 0 Å². The fourth-order valence-corrected chi connectivity index (χ4v) is 2.59. The van der Waals surface area contributed by atoms with E-state index >= 15 is 0 Å². The second-order valence-electron chi connectivity index (χ2n) is 6.69. The van der Waals surface area contributed by atoms with Gasteiger partial charge in [-0.25, -0.2) is 4.79 Å². The Morgan fingerprint density at radius 3 is 2.31 bits per heavy atom. The number of carbonyl (C=O) groups excluding carboxylic acids is 1. The van der Waals surface area contributed by atoms with Gasteiger partial charge >= 0.3 is 5.97 Å². The smallest absolute Gasteiger partial charge is 0.331 e. The molecular weight excluding hydrogens is 364 g/mol. The van der Waals surface area contributed by atoms with Crippen LogP contribution in [0.25, 0.3) is 0 Å². The molecule has 0 aromatic heterocycles. The monoisotopic (exact) mass is 394 g/mol. The average molecular weight is 395 g/mol. The zero-order valence-corrected chi connectivity index (χ0v) is 17.3. The number of benzene rings is 2. The first kappa shape index (κ1) is 22.3. The minimum absolute atomic E-state index is 0.199. The van der Waals surface area contributed by atoms with E-state index in [1.54, 1.807) is 0 Å². The van der Waals surface area contributed by atoms with Gasteiger partial charge in [0.25, 0.3) is 0 Å². The minimum atomic E-state index is -0.351. The van der Waals surface area contributed by atoms with Crippen LogP contribution in [0.3, 0.4) is 0 Å². The van der Waals surface area contributed by atoms with Gasteiger partial charge in [-0.3, -0.25) is 0 Å². The second kappa shape index (κ2) is 13.2. The lowest BCUT2D eigenvalue weighted by Crippen LogP contribution is -2.10.